The van der Waals surface area contributed by atoms with Crippen LogP contribution in [0.25, 0.3) is 0 Å². The van der Waals surface area contributed by atoms with Gasteiger partial charge < -0.3 is 10.1 Å². The molecule has 1 rings (SSSR count). The van der Waals surface area contributed by atoms with Crippen LogP contribution < -0.4 is 10.1 Å². The summed E-state index contributed by atoms with van der Waals surface area (Å²) in [6.45, 7) is 9.14. The van der Waals surface area contributed by atoms with E-state index in [2.05, 4.69) is 44.3 Å². The van der Waals surface area contributed by atoms with Gasteiger partial charge in [-0.25, -0.2) is 0 Å². The molecule has 0 radical (unpaired) electrons. The second-order valence-corrected chi connectivity index (χ2v) is 3.89. The van der Waals surface area contributed by atoms with Gasteiger partial charge >= 0.3 is 0 Å². The highest BCUT2D eigenvalue weighted by Gasteiger charge is 2.05. The van der Waals surface area contributed by atoms with Crippen molar-refractivity contribution in [1.29, 1.82) is 0 Å². The predicted octanol–water partition coefficient (Wildman–Crippen LogP) is 3.60. The van der Waals surface area contributed by atoms with Crippen molar-refractivity contribution in [2.75, 3.05) is 11.9 Å². The van der Waals surface area contributed by atoms with E-state index in [0.29, 0.717) is 12.6 Å². The van der Waals surface area contributed by atoms with Crippen LogP contribution in [-0.4, -0.2) is 12.6 Å². The van der Waals surface area contributed by atoms with Crippen molar-refractivity contribution in [3.05, 3.63) is 23.8 Å². The Kier molecular flexibility index (Phi) is 4.47. The van der Waals surface area contributed by atoms with Crippen LogP contribution in [0.5, 0.6) is 5.75 Å². The number of hydrogen-bond acceptors (Lipinski definition) is 2. The van der Waals surface area contributed by atoms with Gasteiger partial charge in [-0.1, -0.05) is 13.0 Å². The Morgan fingerprint density at radius 2 is 2.07 bits per heavy atom. The molecule has 2 heteroatoms. The molecule has 0 bridgehead atoms. The Morgan fingerprint density at radius 3 is 2.67 bits per heavy atom. The lowest BCUT2D eigenvalue weighted by molar-refractivity contribution is 0.341. The number of benzene rings is 1. The summed E-state index contributed by atoms with van der Waals surface area (Å²) < 4.78 is 5.60. The van der Waals surface area contributed by atoms with Gasteiger partial charge in [0.05, 0.1) is 12.3 Å². The molecule has 0 saturated carbocycles. The molecule has 0 fully saturated rings. The maximum atomic E-state index is 5.60. The van der Waals surface area contributed by atoms with Gasteiger partial charge in [0.1, 0.15) is 5.75 Å². The van der Waals surface area contributed by atoms with Gasteiger partial charge in [0, 0.05) is 6.04 Å². The molecule has 0 aliphatic heterocycles. The van der Waals surface area contributed by atoms with Crippen LogP contribution in [0.15, 0.2) is 18.2 Å². The Hall–Kier alpha value is -1.18. The SMILES string of the molecule is CCOc1cc(C)ccc1NC(C)CC. The zero-order valence-corrected chi connectivity index (χ0v) is 10.1. The Morgan fingerprint density at radius 1 is 1.33 bits per heavy atom. The normalized spacial score (nSPS) is 12.3. The van der Waals surface area contributed by atoms with Gasteiger partial charge in [0.25, 0.3) is 0 Å². The summed E-state index contributed by atoms with van der Waals surface area (Å²) in [6, 6.07) is 6.75. The van der Waals surface area contributed by atoms with Gasteiger partial charge in [0.2, 0.25) is 0 Å². The highest BCUT2D eigenvalue weighted by molar-refractivity contribution is 5.58. The second-order valence-electron chi connectivity index (χ2n) is 3.89. The second kappa shape index (κ2) is 5.64. The Bertz CT molecular complexity index is 309. The molecule has 1 aromatic rings. The van der Waals surface area contributed by atoms with Crippen molar-refractivity contribution >= 4 is 5.69 Å². The average Bonchev–Trinajstić information content (AvgIpc) is 2.22. The fourth-order valence-electron chi connectivity index (χ4n) is 1.39. The van der Waals surface area contributed by atoms with Gasteiger partial charge in [-0.3, -0.25) is 0 Å². The number of anilines is 1. The molecule has 0 heterocycles. The third kappa shape index (κ3) is 3.46. The summed E-state index contributed by atoms with van der Waals surface area (Å²) in [7, 11) is 0. The Labute approximate surface area is 92.6 Å². The molecular weight excluding hydrogens is 186 g/mol. The van der Waals surface area contributed by atoms with Crippen LogP contribution in [0.4, 0.5) is 5.69 Å². The first-order valence-electron chi connectivity index (χ1n) is 5.67. The zero-order valence-electron chi connectivity index (χ0n) is 10.1. The van der Waals surface area contributed by atoms with E-state index >= 15 is 0 Å². The van der Waals surface area contributed by atoms with Gasteiger partial charge in [-0.05, 0) is 44.9 Å². The first kappa shape index (κ1) is 11.9. The number of nitrogens with one attached hydrogen (secondary N) is 1. The van der Waals surface area contributed by atoms with Crippen LogP contribution in [-0.2, 0) is 0 Å². The number of hydrogen-bond donors (Lipinski definition) is 1. The summed E-state index contributed by atoms with van der Waals surface area (Å²) in [5.41, 5.74) is 2.32. The maximum absolute atomic E-state index is 5.60. The van der Waals surface area contributed by atoms with Crippen LogP contribution in [0, 0.1) is 6.92 Å². The van der Waals surface area contributed by atoms with Gasteiger partial charge in [-0.15, -0.1) is 0 Å². The minimum atomic E-state index is 0.479. The van der Waals surface area contributed by atoms with Crippen molar-refractivity contribution < 1.29 is 4.74 Å². The third-order valence-electron chi connectivity index (χ3n) is 2.45. The fraction of sp³-hybridized carbons (Fsp3) is 0.538. The molecule has 0 spiro atoms. The number of ether oxygens (including phenoxy) is 1. The molecule has 2 nitrogen and oxygen atoms in total. The van der Waals surface area contributed by atoms with Crippen LogP contribution in [0.1, 0.15) is 32.8 Å². The summed E-state index contributed by atoms with van der Waals surface area (Å²) in [6.07, 6.45) is 1.11. The highest BCUT2D eigenvalue weighted by atomic mass is 16.5. The topological polar surface area (TPSA) is 21.3 Å². The molecule has 0 amide bonds. The quantitative estimate of drug-likeness (QED) is 0.796. The molecule has 0 aliphatic carbocycles. The minimum Gasteiger partial charge on any atom is -0.492 e. The third-order valence-corrected chi connectivity index (χ3v) is 2.45. The van der Waals surface area contributed by atoms with Crippen LogP contribution in [0.3, 0.4) is 0 Å². The van der Waals surface area contributed by atoms with Gasteiger partial charge in [-0.2, -0.15) is 0 Å². The van der Waals surface area contributed by atoms with E-state index in [1.165, 1.54) is 5.56 Å². The maximum Gasteiger partial charge on any atom is 0.142 e. The predicted molar refractivity (Wildman–Crippen MR) is 65.7 cm³/mol. The molecule has 0 aliphatic rings. The summed E-state index contributed by atoms with van der Waals surface area (Å²) in [5, 5.41) is 3.45. The first-order valence-corrected chi connectivity index (χ1v) is 5.67. The molecule has 15 heavy (non-hydrogen) atoms. The van der Waals surface area contributed by atoms with E-state index in [1.807, 2.05) is 6.92 Å². The van der Waals surface area contributed by atoms with Crippen molar-refractivity contribution in [3.8, 4) is 5.75 Å². The smallest absolute Gasteiger partial charge is 0.142 e. The minimum absolute atomic E-state index is 0.479. The largest absolute Gasteiger partial charge is 0.492 e. The lowest BCUT2D eigenvalue weighted by Crippen LogP contribution is -2.14. The van der Waals surface area contributed by atoms with Crippen molar-refractivity contribution in [3.63, 3.8) is 0 Å². The lowest BCUT2D eigenvalue weighted by atomic mass is 10.2. The first-order chi connectivity index (χ1) is 7.17. The molecule has 84 valence electrons. The number of rotatable bonds is 5. The molecular formula is C13H21NO. The Balaban J connectivity index is 2.85. The fourth-order valence-corrected chi connectivity index (χ4v) is 1.39. The number of aryl methyl sites for hydroxylation is 1. The van der Waals surface area contributed by atoms with E-state index in [9.17, 15) is 0 Å². The summed E-state index contributed by atoms with van der Waals surface area (Å²) >= 11 is 0. The van der Waals surface area contributed by atoms with E-state index in [0.717, 1.165) is 17.9 Å². The standard InChI is InChI=1S/C13H21NO/c1-5-11(4)14-12-8-7-10(3)9-13(12)15-6-2/h7-9,11,14H,5-6H2,1-4H3. The monoisotopic (exact) mass is 207 g/mol. The van der Waals surface area contributed by atoms with E-state index in [1.54, 1.807) is 0 Å². The highest BCUT2D eigenvalue weighted by Crippen LogP contribution is 2.26. The van der Waals surface area contributed by atoms with Gasteiger partial charge in [0.15, 0.2) is 0 Å². The molecule has 1 aromatic carbocycles. The zero-order chi connectivity index (χ0) is 11.3. The molecule has 0 saturated heterocycles. The van der Waals surface area contributed by atoms with E-state index in [-0.39, 0.29) is 0 Å². The van der Waals surface area contributed by atoms with Crippen LogP contribution >= 0.6 is 0 Å². The van der Waals surface area contributed by atoms with Crippen molar-refractivity contribution in [2.45, 2.75) is 40.2 Å². The van der Waals surface area contributed by atoms with E-state index < -0.39 is 0 Å². The molecule has 1 unspecified atom stereocenters. The van der Waals surface area contributed by atoms with Crippen molar-refractivity contribution in [2.24, 2.45) is 0 Å². The van der Waals surface area contributed by atoms with Crippen molar-refractivity contribution in [1.82, 2.24) is 0 Å². The van der Waals surface area contributed by atoms with E-state index in [4.69, 9.17) is 4.74 Å². The molecule has 1 atom stereocenters. The molecule has 0 aromatic heterocycles. The lowest BCUT2D eigenvalue weighted by Gasteiger charge is -2.17. The summed E-state index contributed by atoms with van der Waals surface area (Å²) in [5.74, 6) is 0.956. The molecule has 1 N–H and O–H groups in total. The average molecular weight is 207 g/mol. The van der Waals surface area contributed by atoms with Crippen LogP contribution in [0.2, 0.25) is 0 Å². The summed E-state index contributed by atoms with van der Waals surface area (Å²) in [4.78, 5) is 0.